The Balaban J connectivity index is 2.34. The van der Waals surface area contributed by atoms with Crippen molar-refractivity contribution in [3.8, 4) is 0 Å². The number of hydrogen-bond donors (Lipinski definition) is 1. The highest BCUT2D eigenvalue weighted by Crippen LogP contribution is 2.41. The second-order valence-electron chi connectivity index (χ2n) is 4.94. The Morgan fingerprint density at radius 2 is 1.81 bits per heavy atom. The third-order valence-corrected chi connectivity index (χ3v) is 3.86. The molecule has 0 amide bonds. The SMILES string of the molecule is CC1CCC(C(=O)O)(c2ccccc2)CC1. The maximum atomic E-state index is 11.6. The first-order valence-electron chi connectivity index (χ1n) is 5.94. The minimum absolute atomic E-state index is 0.631. The smallest absolute Gasteiger partial charge is 0.314 e. The number of aliphatic carboxylic acids is 1. The molecule has 1 saturated carbocycles. The van der Waals surface area contributed by atoms with Crippen LogP contribution in [0.25, 0.3) is 0 Å². The molecule has 1 N–H and O–H groups in total. The van der Waals surface area contributed by atoms with Crippen molar-refractivity contribution in [1.82, 2.24) is 0 Å². The van der Waals surface area contributed by atoms with Crippen molar-refractivity contribution in [2.24, 2.45) is 5.92 Å². The van der Waals surface area contributed by atoms with Crippen molar-refractivity contribution in [2.75, 3.05) is 0 Å². The van der Waals surface area contributed by atoms with Crippen molar-refractivity contribution >= 4 is 5.97 Å². The minimum Gasteiger partial charge on any atom is -0.481 e. The van der Waals surface area contributed by atoms with Crippen molar-refractivity contribution < 1.29 is 9.90 Å². The van der Waals surface area contributed by atoms with Gasteiger partial charge in [0.25, 0.3) is 0 Å². The largest absolute Gasteiger partial charge is 0.481 e. The molecule has 86 valence electrons. The van der Waals surface area contributed by atoms with E-state index in [-0.39, 0.29) is 0 Å². The first kappa shape index (κ1) is 11.2. The zero-order valence-electron chi connectivity index (χ0n) is 9.65. The molecule has 1 fully saturated rings. The molecule has 0 spiro atoms. The predicted molar refractivity (Wildman–Crippen MR) is 63.4 cm³/mol. The molecule has 0 saturated heterocycles. The summed E-state index contributed by atoms with van der Waals surface area (Å²) in [6.07, 6.45) is 3.57. The van der Waals surface area contributed by atoms with Crippen LogP contribution in [-0.4, -0.2) is 11.1 Å². The van der Waals surface area contributed by atoms with E-state index in [0.29, 0.717) is 5.92 Å². The standard InChI is InChI=1S/C14H18O2/c1-11-7-9-14(10-8-11,13(15)16)12-5-3-2-4-6-12/h2-6,11H,7-10H2,1H3,(H,15,16). The summed E-state index contributed by atoms with van der Waals surface area (Å²) < 4.78 is 0. The Morgan fingerprint density at radius 3 is 2.31 bits per heavy atom. The first-order chi connectivity index (χ1) is 7.65. The highest BCUT2D eigenvalue weighted by molar-refractivity contribution is 5.81. The zero-order chi connectivity index (χ0) is 11.6. The number of carbonyl (C=O) groups is 1. The van der Waals surface area contributed by atoms with Gasteiger partial charge < -0.3 is 5.11 Å². The summed E-state index contributed by atoms with van der Waals surface area (Å²) in [6.45, 7) is 2.21. The van der Waals surface area contributed by atoms with Crippen LogP contribution < -0.4 is 0 Å². The van der Waals surface area contributed by atoms with Gasteiger partial charge in [0.1, 0.15) is 0 Å². The van der Waals surface area contributed by atoms with Gasteiger partial charge in [-0.15, -0.1) is 0 Å². The lowest BCUT2D eigenvalue weighted by molar-refractivity contribution is -0.145. The lowest BCUT2D eigenvalue weighted by Gasteiger charge is -2.36. The van der Waals surface area contributed by atoms with Crippen LogP contribution in [-0.2, 0) is 10.2 Å². The maximum Gasteiger partial charge on any atom is 0.314 e. The molecule has 2 nitrogen and oxygen atoms in total. The quantitative estimate of drug-likeness (QED) is 0.827. The van der Waals surface area contributed by atoms with Gasteiger partial charge in [0.2, 0.25) is 0 Å². The van der Waals surface area contributed by atoms with Crippen molar-refractivity contribution in [3.05, 3.63) is 35.9 Å². The highest BCUT2D eigenvalue weighted by atomic mass is 16.4. The molecule has 1 aliphatic carbocycles. The molecule has 1 aliphatic rings. The van der Waals surface area contributed by atoms with Gasteiger partial charge in [-0.3, -0.25) is 4.79 Å². The fourth-order valence-electron chi connectivity index (χ4n) is 2.64. The third kappa shape index (κ3) is 1.84. The van der Waals surface area contributed by atoms with E-state index in [1.54, 1.807) is 0 Å². The molecular formula is C14H18O2. The monoisotopic (exact) mass is 218 g/mol. The molecule has 2 heteroatoms. The number of carboxylic acids is 1. The number of benzene rings is 1. The molecule has 0 radical (unpaired) electrons. The normalized spacial score (nSPS) is 29.9. The molecular weight excluding hydrogens is 200 g/mol. The van der Waals surface area contributed by atoms with Crippen molar-refractivity contribution in [2.45, 2.75) is 38.0 Å². The Hall–Kier alpha value is -1.31. The van der Waals surface area contributed by atoms with Crippen LogP contribution in [0.2, 0.25) is 0 Å². The number of hydrogen-bond acceptors (Lipinski definition) is 1. The first-order valence-corrected chi connectivity index (χ1v) is 5.94. The van der Waals surface area contributed by atoms with Gasteiger partial charge in [0, 0.05) is 0 Å². The fourth-order valence-corrected chi connectivity index (χ4v) is 2.64. The molecule has 1 aromatic carbocycles. The molecule has 0 unspecified atom stereocenters. The minimum atomic E-state index is -0.661. The number of rotatable bonds is 2. The van der Waals surface area contributed by atoms with Crippen LogP contribution in [0.3, 0.4) is 0 Å². The highest BCUT2D eigenvalue weighted by Gasteiger charge is 2.42. The Bertz CT molecular complexity index is 362. The summed E-state index contributed by atoms with van der Waals surface area (Å²) in [5.41, 5.74) is 0.336. The molecule has 0 atom stereocenters. The van der Waals surface area contributed by atoms with Crippen LogP contribution in [0.1, 0.15) is 38.2 Å². The zero-order valence-corrected chi connectivity index (χ0v) is 9.65. The lowest BCUT2D eigenvalue weighted by Crippen LogP contribution is -2.39. The molecule has 2 rings (SSSR count). The van der Waals surface area contributed by atoms with E-state index in [2.05, 4.69) is 6.92 Å². The van der Waals surface area contributed by atoms with E-state index in [1.807, 2.05) is 30.3 Å². The van der Waals surface area contributed by atoms with Gasteiger partial charge in [0.05, 0.1) is 5.41 Å². The van der Waals surface area contributed by atoms with E-state index in [1.165, 1.54) is 0 Å². The van der Waals surface area contributed by atoms with Crippen LogP contribution in [0.15, 0.2) is 30.3 Å². The summed E-state index contributed by atoms with van der Waals surface area (Å²) in [5, 5.41) is 9.53. The second-order valence-corrected chi connectivity index (χ2v) is 4.94. The van der Waals surface area contributed by atoms with Crippen LogP contribution in [0, 0.1) is 5.92 Å². The molecule has 0 aliphatic heterocycles. The molecule has 0 heterocycles. The Morgan fingerprint density at radius 1 is 1.25 bits per heavy atom. The third-order valence-electron chi connectivity index (χ3n) is 3.86. The predicted octanol–water partition coefficient (Wildman–Crippen LogP) is 3.22. The van der Waals surface area contributed by atoms with Gasteiger partial charge in [-0.05, 0) is 37.2 Å². The van der Waals surface area contributed by atoms with E-state index < -0.39 is 11.4 Å². The van der Waals surface area contributed by atoms with Crippen LogP contribution >= 0.6 is 0 Å². The number of carboxylic acid groups (broad SMARTS) is 1. The van der Waals surface area contributed by atoms with Crippen molar-refractivity contribution in [3.63, 3.8) is 0 Å². The molecule has 16 heavy (non-hydrogen) atoms. The summed E-state index contributed by atoms with van der Waals surface area (Å²) in [4.78, 5) is 11.6. The van der Waals surface area contributed by atoms with Gasteiger partial charge in [-0.1, -0.05) is 37.3 Å². The van der Waals surface area contributed by atoms with Gasteiger partial charge in [-0.25, -0.2) is 0 Å². The van der Waals surface area contributed by atoms with Crippen LogP contribution in [0.5, 0.6) is 0 Å². The van der Waals surface area contributed by atoms with Gasteiger partial charge in [-0.2, -0.15) is 0 Å². The summed E-state index contributed by atoms with van der Waals surface area (Å²) in [7, 11) is 0. The van der Waals surface area contributed by atoms with Crippen molar-refractivity contribution in [1.29, 1.82) is 0 Å². The molecule has 0 bridgehead atoms. The van der Waals surface area contributed by atoms with Gasteiger partial charge in [0.15, 0.2) is 0 Å². The van der Waals surface area contributed by atoms with E-state index >= 15 is 0 Å². The Labute approximate surface area is 96.3 Å². The van der Waals surface area contributed by atoms with Crippen LogP contribution in [0.4, 0.5) is 0 Å². The fraction of sp³-hybridized carbons (Fsp3) is 0.500. The Kier molecular flexibility index (Phi) is 2.99. The summed E-state index contributed by atoms with van der Waals surface area (Å²) >= 11 is 0. The summed E-state index contributed by atoms with van der Waals surface area (Å²) in [6, 6.07) is 9.69. The topological polar surface area (TPSA) is 37.3 Å². The van der Waals surface area contributed by atoms with E-state index in [0.717, 1.165) is 31.2 Å². The molecule has 0 aromatic heterocycles. The van der Waals surface area contributed by atoms with E-state index in [4.69, 9.17) is 0 Å². The molecule has 1 aromatic rings. The maximum absolute atomic E-state index is 11.6. The lowest BCUT2D eigenvalue weighted by atomic mass is 9.67. The van der Waals surface area contributed by atoms with Gasteiger partial charge >= 0.3 is 5.97 Å². The average molecular weight is 218 g/mol. The second kappa shape index (κ2) is 4.28. The average Bonchev–Trinajstić information content (AvgIpc) is 2.31. The van der Waals surface area contributed by atoms with E-state index in [9.17, 15) is 9.90 Å². The summed E-state index contributed by atoms with van der Waals surface area (Å²) in [5.74, 6) is 0.00165.